The number of allylic oxidation sites excluding steroid dienone is 3. The average Bonchev–Trinajstić information content (AvgIpc) is 3.75. The van der Waals surface area contributed by atoms with Crippen LogP contribution in [0.2, 0.25) is 5.02 Å². The maximum atomic E-state index is 13.3. The van der Waals surface area contributed by atoms with E-state index in [9.17, 15) is 29.7 Å². The van der Waals surface area contributed by atoms with Gasteiger partial charge in [0.1, 0.15) is 28.6 Å². The number of ether oxygens (including phenoxy) is 4. The van der Waals surface area contributed by atoms with E-state index < -0.39 is 53.7 Å². The lowest BCUT2D eigenvalue weighted by Crippen LogP contribution is -2.63. The largest absolute Gasteiger partial charge is 0.550 e. The van der Waals surface area contributed by atoms with Crippen molar-refractivity contribution in [3.63, 3.8) is 0 Å². The first kappa shape index (κ1) is 37.7. The average molecular weight is 692 g/mol. The molecule has 0 aromatic heterocycles. The molecule has 1 aromatic rings. The predicted molar refractivity (Wildman–Crippen MR) is 176 cm³/mol. The number of nitrogens with zero attached hydrogens (tertiary/aromatic N) is 1. The smallest absolute Gasteiger partial charge is 0.409 e. The van der Waals surface area contributed by atoms with E-state index in [1.165, 1.54) is 25.5 Å². The van der Waals surface area contributed by atoms with Crippen molar-refractivity contribution in [2.24, 2.45) is 11.8 Å². The lowest BCUT2D eigenvalue weighted by Gasteiger charge is -2.42. The number of aliphatic carboxylic acids is 1. The zero-order valence-electron chi connectivity index (χ0n) is 28.5. The van der Waals surface area contributed by atoms with Gasteiger partial charge in [0.25, 0.3) is 0 Å². The number of epoxide rings is 1. The molecule has 1 aromatic carbocycles. The van der Waals surface area contributed by atoms with Gasteiger partial charge in [-0.25, -0.2) is 4.79 Å². The van der Waals surface area contributed by atoms with Gasteiger partial charge in [0, 0.05) is 32.5 Å². The van der Waals surface area contributed by atoms with E-state index in [2.05, 4.69) is 5.32 Å². The van der Waals surface area contributed by atoms with Gasteiger partial charge in [0.05, 0.1) is 31.4 Å². The van der Waals surface area contributed by atoms with Gasteiger partial charge in [-0.1, -0.05) is 61.6 Å². The minimum Gasteiger partial charge on any atom is -0.550 e. The monoisotopic (exact) mass is 691 g/mol. The number of aliphatic hydroxyl groups is 2. The van der Waals surface area contributed by atoms with Crippen LogP contribution in [0.4, 0.5) is 10.5 Å². The second-order valence-electron chi connectivity index (χ2n) is 13.5. The standard InChI is InChI=1S/C28H37ClN2O8.C7H12O2/c1-15-8-7-9-22(37-6)28(35)14-20(38-26(34)30-28)16(2)25-27(3,39-25)21(32)13-23(33)31(4)18-11-17(10-15)12-19(36-5)24(18)29;8-7(9)6-4-2-1-3-5-6/h7-9,11-12,16,20-22,25,32,35H,10,13-14H2,1-6H3,(H,30,34);6H,1-5H2,(H,8,9)/p-1/b9-7+,15-8+;. The van der Waals surface area contributed by atoms with Crippen LogP contribution in [0.25, 0.3) is 0 Å². The number of carboxylic acid groups (broad SMARTS) is 1. The van der Waals surface area contributed by atoms with Gasteiger partial charge in [0.2, 0.25) is 5.91 Å². The number of hydrogen-bond acceptors (Lipinski definition) is 10. The molecule has 3 fully saturated rings. The number of fused-ring (bicyclic) bond motifs is 5. The number of benzene rings is 1. The summed E-state index contributed by atoms with van der Waals surface area (Å²) in [5.74, 6) is -1.32. The molecule has 2 amide bonds. The number of amides is 2. The summed E-state index contributed by atoms with van der Waals surface area (Å²) < 4.78 is 22.4. The summed E-state index contributed by atoms with van der Waals surface area (Å²) in [4.78, 5) is 37.4. The Balaban J connectivity index is 0.000000500. The highest BCUT2D eigenvalue weighted by atomic mass is 35.5. The van der Waals surface area contributed by atoms with Crippen molar-refractivity contribution in [3.8, 4) is 5.75 Å². The minimum atomic E-state index is -1.73. The third-order valence-corrected chi connectivity index (χ3v) is 10.3. The number of carboxylic acids is 1. The summed E-state index contributed by atoms with van der Waals surface area (Å²) in [5.41, 5.74) is -0.479. The van der Waals surface area contributed by atoms with E-state index in [0.29, 0.717) is 17.9 Å². The van der Waals surface area contributed by atoms with Crippen molar-refractivity contribution in [1.29, 1.82) is 0 Å². The van der Waals surface area contributed by atoms with Crippen molar-refractivity contribution >= 4 is 35.3 Å². The van der Waals surface area contributed by atoms with Crippen LogP contribution >= 0.6 is 11.6 Å². The molecule has 3 N–H and O–H groups in total. The van der Waals surface area contributed by atoms with Crippen molar-refractivity contribution in [1.82, 2.24) is 5.32 Å². The van der Waals surface area contributed by atoms with Gasteiger partial charge in [-0.05, 0) is 56.7 Å². The second-order valence-corrected chi connectivity index (χ2v) is 13.8. The lowest BCUT2D eigenvalue weighted by atomic mass is 9.84. The Labute approximate surface area is 287 Å². The summed E-state index contributed by atoms with van der Waals surface area (Å²) in [6, 6.07) is 3.63. The topological polar surface area (TPSA) is 170 Å². The number of hydrogen-bond donors (Lipinski definition) is 3. The van der Waals surface area contributed by atoms with Gasteiger partial charge in [-0.2, -0.15) is 0 Å². The van der Waals surface area contributed by atoms with Crippen LogP contribution < -0.4 is 20.1 Å². The van der Waals surface area contributed by atoms with Crippen LogP contribution in [-0.2, 0) is 30.2 Å². The summed E-state index contributed by atoms with van der Waals surface area (Å²) in [6.45, 7) is 5.48. The molecule has 4 aliphatic rings. The highest BCUT2D eigenvalue weighted by molar-refractivity contribution is 6.35. The van der Waals surface area contributed by atoms with Gasteiger partial charge in [-0.3, -0.25) is 10.1 Å². The number of alkyl carbamates (subject to hydrolysis) is 1. The van der Waals surface area contributed by atoms with E-state index in [0.717, 1.165) is 36.8 Å². The summed E-state index contributed by atoms with van der Waals surface area (Å²) in [5, 5.41) is 35.5. The molecule has 4 bridgehead atoms. The first-order chi connectivity index (χ1) is 22.6. The third-order valence-electron chi connectivity index (χ3n) is 9.92. The molecule has 1 aliphatic carbocycles. The number of methoxy groups -OCH3 is 2. The molecule has 2 saturated heterocycles. The number of carbonyl (C=O) groups excluding carboxylic acids is 3. The van der Waals surface area contributed by atoms with Crippen LogP contribution in [0.15, 0.2) is 35.9 Å². The van der Waals surface area contributed by atoms with Gasteiger partial charge in [-0.15, -0.1) is 0 Å². The molecule has 266 valence electrons. The Morgan fingerprint density at radius 1 is 1.19 bits per heavy atom. The molecule has 5 rings (SSSR count). The van der Waals surface area contributed by atoms with Crippen LogP contribution in [0.1, 0.15) is 71.3 Å². The number of carbonyl (C=O) groups is 3. The van der Waals surface area contributed by atoms with E-state index in [1.54, 1.807) is 26.1 Å². The van der Waals surface area contributed by atoms with E-state index >= 15 is 0 Å². The summed E-state index contributed by atoms with van der Waals surface area (Å²) in [6.07, 6.45) is 6.64. The summed E-state index contributed by atoms with van der Waals surface area (Å²) >= 11 is 6.58. The quantitative estimate of drug-likeness (QED) is 0.399. The first-order valence-electron chi connectivity index (χ1n) is 16.4. The van der Waals surface area contributed by atoms with Crippen LogP contribution in [-0.4, -0.2) is 85.2 Å². The Kier molecular flexibility index (Phi) is 12.2. The normalized spacial score (nSPS) is 34.6. The maximum absolute atomic E-state index is 13.3. The maximum Gasteiger partial charge on any atom is 0.409 e. The molecule has 7 unspecified atom stereocenters. The number of anilines is 1. The van der Waals surface area contributed by atoms with E-state index in [-0.39, 0.29) is 29.7 Å². The molecule has 13 heteroatoms. The Bertz CT molecular complexity index is 1410. The molecule has 7 atom stereocenters. The molecule has 1 saturated carbocycles. The molecular weight excluding hydrogens is 644 g/mol. The van der Waals surface area contributed by atoms with Crippen LogP contribution in [0, 0.1) is 11.8 Å². The molecular formula is C35H48ClN2O10-. The zero-order valence-corrected chi connectivity index (χ0v) is 29.2. The van der Waals surface area contributed by atoms with E-state index in [1.807, 2.05) is 32.1 Å². The Morgan fingerprint density at radius 2 is 1.88 bits per heavy atom. The number of aliphatic hydroxyl groups excluding tert-OH is 1. The van der Waals surface area contributed by atoms with Crippen LogP contribution in [0.3, 0.4) is 0 Å². The second kappa shape index (κ2) is 15.6. The van der Waals surface area contributed by atoms with E-state index in [4.69, 9.17) is 30.5 Å². The van der Waals surface area contributed by atoms with Crippen molar-refractivity contribution in [3.05, 3.63) is 46.5 Å². The molecule has 48 heavy (non-hydrogen) atoms. The van der Waals surface area contributed by atoms with Crippen molar-refractivity contribution in [2.75, 3.05) is 26.2 Å². The zero-order chi connectivity index (χ0) is 35.4. The SMILES string of the molecule is COc1cc2cc(c1Cl)N(C)C(=O)CC(O)C1(C)OC1C(C)C1CC(O)(NC(=O)O1)C(OC)/C=C/C=C(\C)C2.O=C([O-])C1CCCCC1. The van der Waals surface area contributed by atoms with Gasteiger partial charge < -0.3 is 44.0 Å². The van der Waals surface area contributed by atoms with Crippen molar-refractivity contribution in [2.45, 2.75) is 108 Å². The molecule has 0 radical (unpaired) electrons. The first-order valence-corrected chi connectivity index (χ1v) is 16.8. The fraction of sp³-hybridized carbons (Fsp3) is 0.629. The lowest BCUT2D eigenvalue weighted by molar-refractivity contribution is -0.312. The molecule has 0 spiro atoms. The Hall–Kier alpha value is -3.16. The molecule has 3 heterocycles. The number of halogens is 1. The highest BCUT2D eigenvalue weighted by Gasteiger charge is 2.62. The fourth-order valence-corrected chi connectivity index (χ4v) is 7.11. The van der Waals surface area contributed by atoms with Crippen molar-refractivity contribution < 1.29 is 48.7 Å². The molecule has 3 aliphatic heterocycles. The third kappa shape index (κ3) is 8.52. The fourth-order valence-electron chi connectivity index (χ4n) is 6.80. The highest BCUT2D eigenvalue weighted by Crippen LogP contribution is 2.48. The van der Waals surface area contributed by atoms with Gasteiger partial charge >= 0.3 is 6.09 Å². The Morgan fingerprint density at radius 3 is 2.48 bits per heavy atom. The molecule has 12 nitrogen and oxygen atoms in total. The predicted octanol–water partition coefficient (Wildman–Crippen LogP) is 3.43. The van der Waals surface area contributed by atoms with Crippen LogP contribution in [0.5, 0.6) is 5.75 Å². The number of rotatable bonds is 3. The minimum absolute atomic E-state index is 0.0310. The van der Waals surface area contributed by atoms with Gasteiger partial charge in [0.15, 0.2) is 5.72 Å². The number of nitrogens with one attached hydrogen (secondary N) is 1. The summed E-state index contributed by atoms with van der Waals surface area (Å²) in [7, 11) is 4.56.